The van der Waals surface area contributed by atoms with E-state index in [1.165, 1.54) is 66.8 Å². The second-order valence-electron chi connectivity index (χ2n) is 11.6. The van der Waals surface area contributed by atoms with Crippen molar-refractivity contribution in [3.8, 4) is 50.6 Å². The van der Waals surface area contributed by atoms with Gasteiger partial charge in [0.2, 0.25) is 0 Å². The molecule has 0 N–H and O–H groups in total. The Hall–Kier alpha value is -5.71. The Balaban J connectivity index is 1.34. The standard InChI is InChI=1S/C43H29N/c1-29(11-9-10-26-44)30-18-20-32(21-19-30)34-23-25-38-37-24-22-33(31-12-3-2-4-13-31)27-41(37)43(42(38)28-34)39-16-7-5-14-35(39)36-15-6-8-17-40(36)43/h2-9,11-25,27-28H,1,10H2/b11-9-. The first kappa shape index (κ1) is 26.0. The summed E-state index contributed by atoms with van der Waals surface area (Å²) in [5, 5.41) is 8.86. The second-order valence-corrected chi connectivity index (χ2v) is 11.6. The van der Waals surface area contributed by atoms with Crippen LogP contribution in [0, 0.1) is 11.3 Å². The van der Waals surface area contributed by atoms with Gasteiger partial charge in [0.05, 0.1) is 17.9 Å². The van der Waals surface area contributed by atoms with Crippen molar-refractivity contribution in [3.63, 3.8) is 0 Å². The van der Waals surface area contributed by atoms with Gasteiger partial charge in [-0.25, -0.2) is 0 Å². The van der Waals surface area contributed by atoms with Crippen molar-refractivity contribution in [2.75, 3.05) is 0 Å². The zero-order valence-electron chi connectivity index (χ0n) is 24.3. The molecule has 1 spiro atoms. The van der Waals surface area contributed by atoms with E-state index in [9.17, 15) is 0 Å². The summed E-state index contributed by atoms with van der Waals surface area (Å²) in [5.41, 5.74) is 17.0. The monoisotopic (exact) mass is 559 g/mol. The predicted molar refractivity (Wildman–Crippen MR) is 182 cm³/mol. The molecule has 0 unspecified atom stereocenters. The molecule has 0 aromatic heterocycles. The number of allylic oxidation sites excluding steroid dienone is 3. The minimum absolute atomic E-state index is 0.384. The number of hydrogen-bond acceptors (Lipinski definition) is 1. The molecule has 2 aliphatic carbocycles. The number of benzene rings is 6. The lowest BCUT2D eigenvalue weighted by Gasteiger charge is -2.31. The third-order valence-corrected chi connectivity index (χ3v) is 9.31. The Morgan fingerprint density at radius 2 is 1.02 bits per heavy atom. The minimum atomic E-state index is -0.404. The van der Waals surface area contributed by atoms with Gasteiger partial charge in [0.15, 0.2) is 0 Å². The van der Waals surface area contributed by atoms with Crippen LogP contribution in [0.2, 0.25) is 0 Å². The molecule has 0 amide bonds. The number of nitrogens with zero attached hydrogens (tertiary/aromatic N) is 1. The van der Waals surface area contributed by atoms with Gasteiger partial charge < -0.3 is 0 Å². The van der Waals surface area contributed by atoms with Crippen molar-refractivity contribution in [2.24, 2.45) is 0 Å². The van der Waals surface area contributed by atoms with Crippen LogP contribution in [0.15, 0.2) is 158 Å². The lowest BCUT2D eigenvalue weighted by molar-refractivity contribution is 0.794. The third-order valence-electron chi connectivity index (χ3n) is 9.31. The maximum Gasteiger partial charge on any atom is 0.0725 e. The van der Waals surface area contributed by atoms with Crippen LogP contribution in [0.5, 0.6) is 0 Å². The van der Waals surface area contributed by atoms with Crippen molar-refractivity contribution in [3.05, 3.63) is 186 Å². The van der Waals surface area contributed by atoms with E-state index in [0.29, 0.717) is 6.42 Å². The highest BCUT2D eigenvalue weighted by Gasteiger charge is 2.51. The quantitative estimate of drug-likeness (QED) is 0.192. The Kier molecular flexibility index (Phi) is 6.03. The lowest BCUT2D eigenvalue weighted by atomic mass is 9.70. The lowest BCUT2D eigenvalue weighted by Crippen LogP contribution is -2.26. The summed E-state index contributed by atoms with van der Waals surface area (Å²) in [7, 11) is 0. The van der Waals surface area contributed by atoms with Gasteiger partial charge in [-0.2, -0.15) is 5.26 Å². The van der Waals surface area contributed by atoms with Gasteiger partial charge >= 0.3 is 0 Å². The Morgan fingerprint density at radius 3 is 1.59 bits per heavy atom. The smallest absolute Gasteiger partial charge is 0.0725 e. The molecule has 1 heteroatoms. The van der Waals surface area contributed by atoms with Crippen LogP contribution in [-0.4, -0.2) is 0 Å². The zero-order valence-corrected chi connectivity index (χ0v) is 24.3. The molecule has 0 heterocycles. The van der Waals surface area contributed by atoms with E-state index in [0.717, 1.165) is 11.1 Å². The van der Waals surface area contributed by atoms with Crippen LogP contribution in [-0.2, 0) is 5.41 Å². The van der Waals surface area contributed by atoms with Crippen LogP contribution in [0.4, 0.5) is 0 Å². The first-order valence-corrected chi connectivity index (χ1v) is 15.1. The van der Waals surface area contributed by atoms with Crippen LogP contribution < -0.4 is 0 Å². The molecule has 0 aliphatic heterocycles. The van der Waals surface area contributed by atoms with Gasteiger partial charge in [-0.05, 0) is 90.0 Å². The van der Waals surface area contributed by atoms with Crippen molar-refractivity contribution in [1.29, 1.82) is 5.26 Å². The minimum Gasteiger partial charge on any atom is -0.198 e. The molecular weight excluding hydrogens is 530 g/mol. The highest BCUT2D eigenvalue weighted by atomic mass is 14.5. The molecule has 0 saturated heterocycles. The van der Waals surface area contributed by atoms with Crippen LogP contribution in [0.1, 0.15) is 34.2 Å². The van der Waals surface area contributed by atoms with Crippen LogP contribution in [0.25, 0.3) is 50.1 Å². The van der Waals surface area contributed by atoms with E-state index in [1.54, 1.807) is 0 Å². The highest BCUT2D eigenvalue weighted by molar-refractivity contribution is 5.96. The van der Waals surface area contributed by atoms with Crippen molar-refractivity contribution in [2.45, 2.75) is 11.8 Å². The maximum atomic E-state index is 8.86. The van der Waals surface area contributed by atoms with Crippen LogP contribution in [0.3, 0.4) is 0 Å². The average Bonchev–Trinajstić information content (AvgIpc) is 3.55. The molecule has 2 aliphatic rings. The third kappa shape index (κ3) is 3.78. The van der Waals surface area contributed by atoms with Gasteiger partial charge in [-0.15, -0.1) is 0 Å². The van der Waals surface area contributed by atoms with E-state index >= 15 is 0 Å². The number of hydrogen-bond donors (Lipinski definition) is 0. The topological polar surface area (TPSA) is 23.8 Å². The SMILES string of the molecule is C=C(/C=C\CC#N)c1ccc(-c2ccc3c(c2)C2(c4ccccc4-c4ccccc42)c2cc(-c4ccccc4)ccc2-3)cc1. The fraction of sp³-hybridized carbons (Fsp3) is 0.0465. The molecule has 44 heavy (non-hydrogen) atoms. The maximum absolute atomic E-state index is 8.86. The summed E-state index contributed by atoms with van der Waals surface area (Å²) in [6.45, 7) is 4.19. The normalized spacial score (nSPS) is 13.2. The molecule has 6 aromatic carbocycles. The summed E-state index contributed by atoms with van der Waals surface area (Å²) in [6, 6.07) is 53.4. The van der Waals surface area contributed by atoms with Crippen LogP contribution >= 0.6 is 0 Å². The summed E-state index contributed by atoms with van der Waals surface area (Å²) >= 11 is 0. The molecular formula is C43H29N. The molecule has 1 nitrogen and oxygen atoms in total. The van der Waals surface area contributed by atoms with E-state index in [4.69, 9.17) is 5.26 Å². The molecule has 0 fully saturated rings. The van der Waals surface area contributed by atoms with E-state index in [-0.39, 0.29) is 0 Å². The molecule has 0 saturated carbocycles. The van der Waals surface area contributed by atoms with E-state index in [2.05, 4.69) is 152 Å². The van der Waals surface area contributed by atoms with Crippen molar-refractivity contribution < 1.29 is 0 Å². The first-order valence-electron chi connectivity index (χ1n) is 15.1. The number of rotatable bonds is 5. The Bertz CT molecular complexity index is 2110. The fourth-order valence-corrected chi connectivity index (χ4v) is 7.36. The fourth-order valence-electron chi connectivity index (χ4n) is 7.36. The predicted octanol–water partition coefficient (Wildman–Crippen LogP) is 10.8. The largest absolute Gasteiger partial charge is 0.198 e. The summed E-state index contributed by atoms with van der Waals surface area (Å²) in [4.78, 5) is 0. The molecule has 6 aromatic rings. The number of fused-ring (bicyclic) bond motifs is 10. The Morgan fingerprint density at radius 1 is 0.545 bits per heavy atom. The van der Waals surface area contributed by atoms with Gasteiger partial charge in [0.25, 0.3) is 0 Å². The van der Waals surface area contributed by atoms with Gasteiger partial charge in [-0.3, -0.25) is 0 Å². The Labute approximate surface area is 258 Å². The van der Waals surface area contributed by atoms with Crippen molar-refractivity contribution >= 4 is 5.57 Å². The zero-order chi connectivity index (χ0) is 29.7. The molecule has 8 rings (SSSR count). The van der Waals surface area contributed by atoms with E-state index in [1.807, 2.05) is 12.2 Å². The summed E-state index contributed by atoms with van der Waals surface area (Å²) in [6.07, 6.45) is 4.16. The summed E-state index contributed by atoms with van der Waals surface area (Å²) in [5.74, 6) is 0. The molecule has 0 atom stereocenters. The summed E-state index contributed by atoms with van der Waals surface area (Å²) < 4.78 is 0. The molecule has 0 radical (unpaired) electrons. The number of nitriles is 1. The highest BCUT2D eigenvalue weighted by Crippen LogP contribution is 2.63. The van der Waals surface area contributed by atoms with Gasteiger partial charge in [0, 0.05) is 0 Å². The first-order chi connectivity index (χ1) is 21.7. The van der Waals surface area contributed by atoms with Gasteiger partial charge in [0.1, 0.15) is 0 Å². The molecule has 0 bridgehead atoms. The second kappa shape index (κ2) is 10.2. The average molecular weight is 560 g/mol. The van der Waals surface area contributed by atoms with Crippen molar-refractivity contribution in [1.82, 2.24) is 0 Å². The molecule has 206 valence electrons. The van der Waals surface area contributed by atoms with Gasteiger partial charge in [-0.1, -0.05) is 146 Å². The van der Waals surface area contributed by atoms with E-state index < -0.39 is 5.41 Å².